The van der Waals surface area contributed by atoms with E-state index in [-0.39, 0.29) is 45.9 Å². The molecule has 0 aromatic carbocycles. The van der Waals surface area contributed by atoms with Gasteiger partial charge in [-0.1, -0.05) is 0 Å². The Bertz CT molecular complexity index is 263. The molecule has 0 rings (SSSR count). The summed E-state index contributed by atoms with van der Waals surface area (Å²) in [4.78, 5) is 19.7. The molecule has 11 heteroatoms. The van der Waals surface area contributed by atoms with Gasteiger partial charge in [-0.05, 0) is 0 Å². The molecule has 0 heterocycles. The molecule has 0 bridgehead atoms. The van der Waals surface area contributed by atoms with Crippen molar-refractivity contribution in [2.75, 3.05) is 80.3 Å². The zero-order valence-corrected chi connectivity index (χ0v) is 17.8. The molecule has 0 spiro atoms. The molecule has 10 nitrogen and oxygen atoms in total. The van der Waals surface area contributed by atoms with E-state index in [4.69, 9.17) is 18.9 Å². The Labute approximate surface area is 160 Å². The maximum atomic E-state index is 9.84. The molecule has 0 unspecified atom stereocenters. The Hall–Kier alpha value is -0.677. The van der Waals surface area contributed by atoms with Crippen LogP contribution in [0.4, 0.5) is 0 Å². The molecule has 0 aliphatic carbocycles. The van der Waals surface area contributed by atoms with Crippen molar-refractivity contribution in [3.63, 3.8) is 0 Å². The van der Waals surface area contributed by atoms with E-state index in [0.717, 1.165) is 0 Å². The number of carbonyl (C=O) groups is 2. The topological polar surface area (TPSA) is 136 Å². The fourth-order valence-corrected chi connectivity index (χ4v) is 1.04. The number of hydrogen-bond acceptors (Lipinski definition) is 10. The Morgan fingerprint density at radius 3 is 1.16 bits per heavy atom. The predicted molar refractivity (Wildman–Crippen MR) is 77.0 cm³/mol. The Balaban J connectivity index is -0.000000372. The first-order valence-corrected chi connectivity index (χ1v) is 7.23. The van der Waals surface area contributed by atoms with E-state index in [0.29, 0.717) is 39.6 Å². The van der Waals surface area contributed by atoms with Crippen LogP contribution >= 0.6 is 0 Å². The first kappa shape index (κ1) is 29.1. The largest absolute Gasteiger partial charge is 2.00 e. The summed E-state index contributed by atoms with van der Waals surface area (Å²) in [6.45, 7) is 2.54. The molecule has 0 aliphatic heterocycles. The molecule has 0 atom stereocenters. The molecule has 0 N–H and O–H groups in total. The van der Waals surface area contributed by atoms with Crippen molar-refractivity contribution in [2.45, 2.75) is 0 Å². The number of carboxylic acids is 2. The average molecular weight is 420 g/mol. The van der Waals surface area contributed by atoms with Crippen LogP contribution < -0.4 is 10.2 Å². The van der Waals surface area contributed by atoms with Gasteiger partial charge < -0.3 is 48.2 Å². The summed E-state index contributed by atoms with van der Waals surface area (Å²) in [5.74, 6) is -2.43. The van der Waals surface area contributed by atoms with Gasteiger partial charge in [-0.25, -0.2) is 0 Å². The monoisotopic (exact) mass is 418 g/mol. The molecule has 0 fully saturated rings. The SMILES string of the molecule is COCCOCCOCC(=O)[O-].COCCOCCOCC(=O)[O-].[Zn+2]. The van der Waals surface area contributed by atoms with Crippen LogP contribution in [0.1, 0.15) is 0 Å². The van der Waals surface area contributed by atoms with Crippen molar-refractivity contribution in [3.8, 4) is 0 Å². The summed E-state index contributed by atoms with van der Waals surface area (Å²) in [5, 5.41) is 19.7. The fourth-order valence-electron chi connectivity index (χ4n) is 1.04. The zero-order valence-electron chi connectivity index (χ0n) is 14.9. The van der Waals surface area contributed by atoms with Crippen molar-refractivity contribution < 1.29 is 67.7 Å². The van der Waals surface area contributed by atoms with Gasteiger partial charge in [0, 0.05) is 14.2 Å². The Kier molecular flexibility index (Phi) is 29.8. The van der Waals surface area contributed by atoms with Gasteiger partial charge in [-0.15, -0.1) is 0 Å². The van der Waals surface area contributed by atoms with Gasteiger partial charge >= 0.3 is 19.5 Å². The van der Waals surface area contributed by atoms with Crippen LogP contribution in [0.3, 0.4) is 0 Å². The molecular weight excluding hydrogens is 394 g/mol. The fraction of sp³-hybridized carbons (Fsp3) is 0.857. The van der Waals surface area contributed by atoms with Gasteiger partial charge in [0.25, 0.3) is 0 Å². The van der Waals surface area contributed by atoms with E-state index in [9.17, 15) is 19.8 Å². The quantitative estimate of drug-likeness (QED) is 0.186. The van der Waals surface area contributed by atoms with Crippen LogP contribution in [-0.2, 0) is 57.5 Å². The minimum Gasteiger partial charge on any atom is -0.548 e. The van der Waals surface area contributed by atoms with Crippen LogP contribution in [0.15, 0.2) is 0 Å². The number of carboxylic acid groups (broad SMARTS) is 2. The molecule has 25 heavy (non-hydrogen) atoms. The predicted octanol–water partition coefficient (Wildman–Crippen LogP) is -3.17. The Morgan fingerprint density at radius 2 is 0.880 bits per heavy atom. The van der Waals surface area contributed by atoms with Crippen LogP contribution in [0, 0.1) is 0 Å². The van der Waals surface area contributed by atoms with Crippen molar-refractivity contribution in [1.29, 1.82) is 0 Å². The van der Waals surface area contributed by atoms with E-state index in [1.807, 2.05) is 0 Å². The standard InChI is InChI=1S/2C7H14O5.Zn/c2*1-10-2-3-11-4-5-12-6-7(8)9;/h2*2-6H2,1H3,(H,8,9);/q;;+2/p-2. The number of methoxy groups -OCH3 is 2. The van der Waals surface area contributed by atoms with E-state index < -0.39 is 11.9 Å². The van der Waals surface area contributed by atoms with Gasteiger partial charge in [0.1, 0.15) is 0 Å². The van der Waals surface area contributed by atoms with Gasteiger partial charge in [0.2, 0.25) is 0 Å². The van der Waals surface area contributed by atoms with Crippen LogP contribution in [-0.4, -0.2) is 92.2 Å². The number of aliphatic carboxylic acids is 2. The van der Waals surface area contributed by atoms with Crippen LogP contribution in [0.2, 0.25) is 0 Å². The number of rotatable bonds is 16. The van der Waals surface area contributed by atoms with E-state index in [2.05, 4.69) is 9.47 Å². The first-order valence-electron chi connectivity index (χ1n) is 7.23. The molecule has 0 aromatic heterocycles. The van der Waals surface area contributed by atoms with E-state index in [1.54, 1.807) is 14.2 Å². The second-order valence-electron chi connectivity index (χ2n) is 4.06. The van der Waals surface area contributed by atoms with Crippen LogP contribution in [0.5, 0.6) is 0 Å². The van der Waals surface area contributed by atoms with Gasteiger partial charge in [0.15, 0.2) is 0 Å². The van der Waals surface area contributed by atoms with Gasteiger partial charge in [0.05, 0.1) is 78.0 Å². The summed E-state index contributed by atoms with van der Waals surface area (Å²) < 4.78 is 28.7. The maximum Gasteiger partial charge on any atom is 2.00 e. The molecule has 0 aliphatic rings. The van der Waals surface area contributed by atoms with Crippen molar-refractivity contribution >= 4 is 11.9 Å². The molecule has 0 amide bonds. The summed E-state index contributed by atoms with van der Waals surface area (Å²) in [6, 6.07) is 0. The molecule has 0 aromatic rings. The van der Waals surface area contributed by atoms with Crippen molar-refractivity contribution in [2.24, 2.45) is 0 Å². The number of ether oxygens (including phenoxy) is 6. The molecule has 0 saturated carbocycles. The van der Waals surface area contributed by atoms with Crippen molar-refractivity contribution in [1.82, 2.24) is 0 Å². The summed E-state index contributed by atoms with van der Waals surface area (Å²) >= 11 is 0. The zero-order chi connectivity index (χ0) is 18.5. The first-order chi connectivity index (χ1) is 11.5. The van der Waals surface area contributed by atoms with Gasteiger partial charge in [-0.2, -0.15) is 0 Å². The smallest absolute Gasteiger partial charge is 0.548 e. The van der Waals surface area contributed by atoms with Crippen molar-refractivity contribution in [3.05, 3.63) is 0 Å². The van der Waals surface area contributed by atoms with E-state index in [1.165, 1.54) is 0 Å². The number of hydrogen-bond donors (Lipinski definition) is 0. The third-order valence-corrected chi connectivity index (χ3v) is 2.05. The third kappa shape index (κ3) is 35.3. The second-order valence-corrected chi connectivity index (χ2v) is 4.06. The molecule has 144 valence electrons. The molecule has 0 radical (unpaired) electrons. The van der Waals surface area contributed by atoms with E-state index >= 15 is 0 Å². The van der Waals surface area contributed by atoms with Gasteiger partial charge in [-0.3, -0.25) is 0 Å². The average Bonchev–Trinajstić information content (AvgIpc) is 2.53. The third-order valence-electron chi connectivity index (χ3n) is 2.05. The van der Waals surface area contributed by atoms with Crippen LogP contribution in [0.25, 0.3) is 0 Å². The summed E-state index contributed by atoms with van der Waals surface area (Å²) in [6.07, 6.45) is 0. The Morgan fingerprint density at radius 1 is 0.600 bits per heavy atom. The minimum absolute atomic E-state index is 0. The number of carbonyl (C=O) groups excluding carboxylic acids is 2. The molecular formula is C14H26O10Zn. The summed E-state index contributed by atoms with van der Waals surface area (Å²) in [7, 11) is 3.16. The second kappa shape index (κ2) is 25.6. The molecule has 0 saturated heterocycles. The summed E-state index contributed by atoms with van der Waals surface area (Å²) in [5.41, 5.74) is 0. The normalized spacial score (nSPS) is 9.68. The minimum atomic E-state index is -1.22. The maximum absolute atomic E-state index is 9.84.